The lowest BCUT2D eigenvalue weighted by Crippen LogP contribution is -2.35. The van der Waals surface area contributed by atoms with E-state index in [-0.39, 0.29) is 37.0 Å². The van der Waals surface area contributed by atoms with Gasteiger partial charge < -0.3 is 15.0 Å². The molecule has 0 saturated carbocycles. The Morgan fingerprint density at radius 2 is 2.12 bits per heavy atom. The number of hydrogen-bond acceptors (Lipinski definition) is 5. The van der Waals surface area contributed by atoms with Gasteiger partial charge >= 0.3 is 0 Å². The molecule has 2 amide bonds. The van der Waals surface area contributed by atoms with Crippen LogP contribution < -0.4 is 15.0 Å². The monoisotopic (exact) mass is 353 g/mol. The van der Waals surface area contributed by atoms with E-state index >= 15 is 0 Å². The second kappa shape index (κ2) is 7.77. The molecule has 0 atom stereocenters. The number of benzene rings is 1. The van der Waals surface area contributed by atoms with E-state index in [2.05, 4.69) is 10.3 Å². The second-order valence-corrected chi connectivity index (χ2v) is 5.99. The third kappa shape index (κ3) is 4.05. The summed E-state index contributed by atoms with van der Waals surface area (Å²) in [5, 5.41) is 2.76. The van der Waals surface area contributed by atoms with E-state index < -0.39 is 0 Å². The van der Waals surface area contributed by atoms with E-state index in [1.807, 2.05) is 6.07 Å². The lowest BCUT2D eigenvalue weighted by atomic mass is 10.0. The molecule has 0 radical (unpaired) electrons. The molecule has 0 bridgehead atoms. The molecule has 134 valence electrons. The lowest BCUT2D eigenvalue weighted by Gasteiger charge is -2.26. The smallest absolute Gasteiger partial charge is 0.264 e. The Labute approximate surface area is 151 Å². The number of fused-ring (bicyclic) bond motifs is 1. The normalized spacial score (nSPS) is 13.0. The molecule has 1 N–H and O–H groups in total. The number of hydrogen-bond donors (Lipinski definition) is 1. The number of carbonyl (C=O) groups is 3. The van der Waals surface area contributed by atoms with Crippen LogP contribution in [0.5, 0.6) is 5.75 Å². The van der Waals surface area contributed by atoms with Crippen molar-refractivity contribution >= 4 is 23.3 Å². The molecule has 1 aliphatic rings. The molecule has 2 heterocycles. The summed E-state index contributed by atoms with van der Waals surface area (Å²) in [5.41, 5.74) is 1.91. The van der Waals surface area contributed by atoms with Gasteiger partial charge in [0.2, 0.25) is 5.91 Å². The summed E-state index contributed by atoms with van der Waals surface area (Å²) in [4.78, 5) is 41.4. The van der Waals surface area contributed by atoms with Crippen molar-refractivity contribution in [2.75, 3.05) is 18.6 Å². The summed E-state index contributed by atoms with van der Waals surface area (Å²) in [7, 11) is 1.64. The zero-order chi connectivity index (χ0) is 18.5. The zero-order valence-electron chi connectivity index (χ0n) is 14.4. The van der Waals surface area contributed by atoms with Crippen LogP contribution in [0.2, 0.25) is 0 Å². The maximum Gasteiger partial charge on any atom is 0.264 e. The number of amides is 2. The van der Waals surface area contributed by atoms with Crippen molar-refractivity contribution in [2.24, 2.45) is 0 Å². The molecule has 7 heteroatoms. The molecule has 3 rings (SSSR count). The Kier molecular flexibility index (Phi) is 5.26. The molecule has 2 aromatic rings. The lowest BCUT2D eigenvalue weighted by molar-refractivity contribution is -0.121. The number of carbonyl (C=O) groups excluding carboxylic acids is 3. The van der Waals surface area contributed by atoms with Crippen LogP contribution in [0.25, 0.3) is 0 Å². The standard InChI is InChI=1S/C19H19N3O4/c1-22-15-9-14(4-6-17(15)26-12-19(22)25)16(23)5-7-18(24)21-11-13-3-2-8-20-10-13/h2-4,6,8-10H,5,7,11-12H2,1H3,(H,21,24). The van der Waals surface area contributed by atoms with E-state index in [4.69, 9.17) is 4.74 Å². The Balaban J connectivity index is 1.55. The highest BCUT2D eigenvalue weighted by Crippen LogP contribution is 2.32. The van der Waals surface area contributed by atoms with Crippen molar-refractivity contribution in [3.63, 3.8) is 0 Å². The number of ether oxygens (including phenoxy) is 1. The number of aromatic nitrogens is 1. The molecule has 0 saturated heterocycles. The van der Waals surface area contributed by atoms with Gasteiger partial charge in [-0.2, -0.15) is 0 Å². The Morgan fingerprint density at radius 1 is 1.27 bits per heavy atom. The number of rotatable bonds is 6. The van der Waals surface area contributed by atoms with Crippen LogP contribution >= 0.6 is 0 Å². The Morgan fingerprint density at radius 3 is 2.88 bits per heavy atom. The summed E-state index contributed by atoms with van der Waals surface area (Å²) >= 11 is 0. The van der Waals surface area contributed by atoms with E-state index in [0.29, 0.717) is 23.5 Å². The maximum absolute atomic E-state index is 12.4. The van der Waals surface area contributed by atoms with Crippen molar-refractivity contribution < 1.29 is 19.1 Å². The van der Waals surface area contributed by atoms with Crippen molar-refractivity contribution in [2.45, 2.75) is 19.4 Å². The van der Waals surface area contributed by atoms with E-state index in [1.54, 1.807) is 43.7 Å². The number of ketones is 1. The van der Waals surface area contributed by atoms with Gasteiger partial charge in [0.15, 0.2) is 12.4 Å². The van der Waals surface area contributed by atoms with Crippen LogP contribution in [0.4, 0.5) is 5.69 Å². The van der Waals surface area contributed by atoms with Gasteiger partial charge in [-0.25, -0.2) is 0 Å². The van der Waals surface area contributed by atoms with E-state index in [1.165, 1.54) is 4.90 Å². The number of pyridine rings is 1. The van der Waals surface area contributed by atoms with E-state index in [9.17, 15) is 14.4 Å². The van der Waals surface area contributed by atoms with Gasteiger partial charge in [-0.15, -0.1) is 0 Å². The molecule has 0 spiro atoms. The predicted octanol–water partition coefficient (Wildman–Crippen LogP) is 1.72. The summed E-state index contributed by atoms with van der Waals surface area (Å²) in [6, 6.07) is 8.62. The van der Waals surface area contributed by atoms with Crippen LogP contribution in [0.15, 0.2) is 42.7 Å². The molecule has 1 aromatic carbocycles. The number of anilines is 1. The molecule has 7 nitrogen and oxygen atoms in total. The van der Waals surface area contributed by atoms with Crippen LogP contribution in [0, 0.1) is 0 Å². The summed E-state index contributed by atoms with van der Waals surface area (Å²) in [6.07, 6.45) is 3.54. The fraction of sp³-hybridized carbons (Fsp3) is 0.263. The van der Waals surface area contributed by atoms with Gasteiger partial charge in [0.05, 0.1) is 5.69 Å². The first-order valence-corrected chi connectivity index (χ1v) is 8.27. The fourth-order valence-corrected chi connectivity index (χ4v) is 2.61. The second-order valence-electron chi connectivity index (χ2n) is 5.99. The van der Waals surface area contributed by atoms with Crippen molar-refractivity contribution in [1.82, 2.24) is 10.3 Å². The van der Waals surface area contributed by atoms with Gasteiger partial charge in [-0.05, 0) is 29.8 Å². The van der Waals surface area contributed by atoms with Crippen molar-refractivity contribution in [3.05, 3.63) is 53.9 Å². The molecular formula is C19H19N3O4. The average molecular weight is 353 g/mol. The summed E-state index contributed by atoms with van der Waals surface area (Å²) < 4.78 is 5.34. The third-order valence-corrected chi connectivity index (χ3v) is 4.16. The number of likely N-dealkylation sites (N-methyl/N-ethyl adjacent to an activating group) is 1. The predicted molar refractivity (Wildman–Crippen MR) is 95.0 cm³/mol. The summed E-state index contributed by atoms with van der Waals surface area (Å²) in [5.74, 6) is 0.0429. The van der Waals surface area contributed by atoms with Gasteiger partial charge in [0.1, 0.15) is 5.75 Å². The van der Waals surface area contributed by atoms with Crippen LogP contribution in [0.3, 0.4) is 0 Å². The zero-order valence-corrected chi connectivity index (χ0v) is 14.4. The largest absolute Gasteiger partial charge is 0.482 e. The minimum absolute atomic E-state index is 0.00605. The van der Waals surface area contributed by atoms with Crippen LogP contribution in [-0.4, -0.2) is 36.2 Å². The molecule has 0 fully saturated rings. The third-order valence-electron chi connectivity index (χ3n) is 4.16. The molecule has 1 aliphatic heterocycles. The Bertz CT molecular complexity index is 836. The fourth-order valence-electron chi connectivity index (χ4n) is 2.61. The SMILES string of the molecule is CN1C(=O)COc2ccc(C(=O)CCC(=O)NCc3cccnc3)cc21. The van der Waals surface area contributed by atoms with Crippen molar-refractivity contribution in [1.29, 1.82) is 0 Å². The summed E-state index contributed by atoms with van der Waals surface area (Å²) in [6.45, 7) is 0.373. The first-order valence-electron chi connectivity index (χ1n) is 8.27. The van der Waals surface area contributed by atoms with E-state index in [0.717, 1.165) is 5.56 Å². The number of nitrogens with zero attached hydrogens (tertiary/aromatic N) is 2. The molecule has 1 aromatic heterocycles. The van der Waals surface area contributed by atoms with Gasteiger partial charge in [-0.3, -0.25) is 19.4 Å². The number of Topliss-reactive ketones (excluding diaryl/α,β-unsaturated/α-hetero) is 1. The first-order chi connectivity index (χ1) is 12.5. The minimum atomic E-state index is -0.198. The average Bonchev–Trinajstić information content (AvgIpc) is 2.68. The molecule has 26 heavy (non-hydrogen) atoms. The minimum Gasteiger partial charge on any atom is -0.482 e. The molecule has 0 aliphatic carbocycles. The highest BCUT2D eigenvalue weighted by atomic mass is 16.5. The molecular weight excluding hydrogens is 334 g/mol. The van der Waals surface area contributed by atoms with Gasteiger partial charge in [0, 0.05) is 44.4 Å². The highest BCUT2D eigenvalue weighted by molar-refractivity contribution is 6.02. The van der Waals surface area contributed by atoms with Gasteiger partial charge in [0.25, 0.3) is 5.91 Å². The number of nitrogens with one attached hydrogen (secondary N) is 1. The topological polar surface area (TPSA) is 88.6 Å². The van der Waals surface area contributed by atoms with Crippen LogP contribution in [0.1, 0.15) is 28.8 Å². The Hall–Kier alpha value is -3.22. The van der Waals surface area contributed by atoms with Crippen molar-refractivity contribution in [3.8, 4) is 5.75 Å². The van der Waals surface area contributed by atoms with Gasteiger partial charge in [-0.1, -0.05) is 6.07 Å². The highest BCUT2D eigenvalue weighted by Gasteiger charge is 2.23. The maximum atomic E-state index is 12.4. The molecule has 0 unspecified atom stereocenters. The quantitative estimate of drug-likeness (QED) is 0.799. The van der Waals surface area contributed by atoms with Crippen LogP contribution in [-0.2, 0) is 16.1 Å². The first kappa shape index (κ1) is 17.6.